The second-order valence-electron chi connectivity index (χ2n) is 11.0. The van der Waals surface area contributed by atoms with Crippen LogP contribution in [0.3, 0.4) is 0 Å². The van der Waals surface area contributed by atoms with Crippen molar-refractivity contribution < 1.29 is 28.7 Å². The zero-order valence-corrected chi connectivity index (χ0v) is 22.7. The van der Waals surface area contributed by atoms with Crippen LogP contribution in [0.15, 0.2) is 30.3 Å². The molecule has 0 unspecified atom stereocenters. The Labute approximate surface area is 219 Å². The Hall–Kier alpha value is -3.10. The Morgan fingerprint density at radius 3 is 2.24 bits per heavy atom. The predicted molar refractivity (Wildman–Crippen MR) is 138 cm³/mol. The van der Waals surface area contributed by atoms with Gasteiger partial charge in [0.05, 0.1) is 0 Å². The van der Waals surface area contributed by atoms with Crippen molar-refractivity contribution in [2.75, 3.05) is 13.1 Å². The fourth-order valence-electron chi connectivity index (χ4n) is 4.88. The van der Waals surface area contributed by atoms with E-state index in [1.54, 1.807) is 30.6 Å². The SMILES string of the molecule is CC[C@H](C)[C@H](NC(=O)OC(C)(C)C)C(=O)N1CCC[C@H]1C(=O)N1CCC[C@H]1C(=O)OCc1ccccc1. The minimum Gasteiger partial charge on any atom is -0.459 e. The highest BCUT2D eigenvalue weighted by atomic mass is 16.6. The van der Waals surface area contributed by atoms with Crippen LogP contribution in [0.2, 0.25) is 0 Å². The van der Waals surface area contributed by atoms with Crippen molar-refractivity contribution in [3.8, 4) is 0 Å². The van der Waals surface area contributed by atoms with E-state index in [0.29, 0.717) is 45.2 Å². The molecule has 1 aromatic carbocycles. The molecular weight excluding hydrogens is 474 g/mol. The predicted octanol–water partition coefficient (Wildman–Crippen LogP) is 3.65. The number of carbonyl (C=O) groups is 4. The summed E-state index contributed by atoms with van der Waals surface area (Å²) in [7, 11) is 0. The highest BCUT2D eigenvalue weighted by Crippen LogP contribution is 2.27. The van der Waals surface area contributed by atoms with Crippen molar-refractivity contribution in [3.05, 3.63) is 35.9 Å². The van der Waals surface area contributed by atoms with Gasteiger partial charge >= 0.3 is 12.1 Å². The van der Waals surface area contributed by atoms with E-state index in [1.807, 2.05) is 44.2 Å². The molecule has 0 aromatic heterocycles. The number of nitrogens with one attached hydrogen (secondary N) is 1. The summed E-state index contributed by atoms with van der Waals surface area (Å²) in [5.74, 6) is -1.10. The van der Waals surface area contributed by atoms with Gasteiger partial charge in [-0.15, -0.1) is 0 Å². The Kier molecular flexibility index (Phi) is 9.56. The van der Waals surface area contributed by atoms with Gasteiger partial charge in [0.25, 0.3) is 0 Å². The zero-order valence-electron chi connectivity index (χ0n) is 22.7. The third-order valence-electron chi connectivity index (χ3n) is 7.00. The molecule has 9 heteroatoms. The number of ether oxygens (including phenoxy) is 2. The molecule has 4 atom stereocenters. The van der Waals surface area contributed by atoms with Gasteiger partial charge in [0.1, 0.15) is 30.3 Å². The molecule has 204 valence electrons. The molecule has 2 aliphatic heterocycles. The van der Waals surface area contributed by atoms with Crippen LogP contribution < -0.4 is 5.32 Å². The Balaban J connectivity index is 1.68. The van der Waals surface area contributed by atoms with Crippen molar-refractivity contribution in [3.63, 3.8) is 0 Å². The maximum absolute atomic E-state index is 13.6. The van der Waals surface area contributed by atoms with Crippen LogP contribution >= 0.6 is 0 Å². The van der Waals surface area contributed by atoms with Gasteiger partial charge in [-0.05, 0) is 57.9 Å². The van der Waals surface area contributed by atoms with Gasteiger partial charge in [-0.3, -0.25) is 9.59 Å². The lowest BCUT2D eigenvalue weighted by Crippen LogP contribution is -2.57. The number of likely N-dealkylation sites (tertiary alicyclic amines) is 2. The molecule has 9 nitrogen and oxygen atoms in total. The van der Waals surface area contributed by atoms with Gasteiger partial charge in [0.2, 0.25) is 11.8 Å². The second kappa shape index (κ2) is 12.4. The van der Waals surface area contributed by atoms with Gasteiger partial charge in [0.15, 0.2) is 0 Å². The van der Waals surface area contributed by atoms with Gasteiger partial charge in [-0.25, -0.2) is 9.59 Å². The fraction of sp³-hybridized carbons (Fsp3) is 0.643. The van der Waals surface area contributed by atoms with E-state index in [2.05, 4.69) is 5.32 Å². The van der Waals surface area contributed by atoms with Crippen LogP contribution in [0, 0.1) is 5.92 Å². The number of carbonyl (C=O) groups excluding carboxylic acids is 4. The highest BCUT2D eigenvalue weighted by Gasteiger charge is 2.44. The normalized spacial score (nSPS) is 21.3. The first-order valence-corrected chi connectivity index (χ1v) is 13.3. The number of nitrogens with zero attached hydrogens (tertiary/aromatic N) is 2. The Morgan fingerprint density at radius 2 is 1.62 bits per heavy atom. The van der Waals surface area contributed by atoms with Gasteiger partial charge in [0, 0.05) is 13.1 Å². The van der Waals surface area contributed by atoms with Crippen LogP contribution in [0.1, 0.15) is 72.3 Å². The van der Waals surface area contributed by atoms with E-state index in [9.17, 15) is 19.2 Å². The average molecular weight is 516 g/mol. The summed E-state index contributed by atoms with van der Waals surface area (Å²) in [4.78, 5) is 55.8. The lowest BCUT2D eigenvalue weighted by Gasteiger charge is -2.34. The molecule has 0 radical (unpaired) electrons. The molecule has 2 heterocycles. The molecular formula is C28H41N3O6. The van der Waals surface area contributed by atoms with Crippen LogP contribution in [0.25, 0.3) is 0 Å². The molecule has 3 amide bonds. The molecule has 0 aliphatic carbocycles. The average Bonchev–Trinajstić information content (AvgIpc) is 3.54. The summed E-state index contributed by atoms with van der Waals surface area (Å²) in [6.07, 6.45) is 2.45. The second-order valence-corrected chi connectivity index (χ2v) is 11.0. The van der Waals surface area contributed by atoms with Gasteiger partial charge in [-0.2, -0.15) is 0 Å². The third kappa shape index (κ3) is 7.46. The van der Waals surface area contributed by atoms with E-state index >= 15 is 0 Å². The van der Waals surface area contributed by atoms with E-state index in [0.717, 1.165) is 5.56 Å². The quantitative estimate of drug-likeness (QED) is 0.530. The summed E-state index contributed by atoms with van der Waals surface area (Å²) >= 11 is 0. The monoisotopic (exact) mass is 515 g/mol. The van der Waals surface area contributed by atoms with E-state index < -0.39 is 35.8 Å². The first kappa shape index (κ1) is 28.5. The molecule has 2 saturated heterocycles. The van der Waals surface area contributed by atoms with Crippen molar-refractivity contribution in [1.82, 2.24) is 15.1 Å². The van der Waals surface area contributed by atoms with Gasteiger partial charge in [-0.1, -0.05) is 50.6 Å². The molecule has 0 bridgehead atoms. The molecule has 2 aliphatic rings. The lowest BCUT2D eigenvalue weighted by molar-refractivity contribution is -0.156. The molecule has 2 fully saturated rings. The summed E-state index contributed by atoms with van der Waals surface area (Å²) < 4.78 is 10.9. The van der Waals surface area contributed by atoms with Crippen LogP contribution in [0.4, 0.5) is 4.79 Å². The first-order valence-electron chi connectivity index (χ1n) is 13.3. The number of hydrogen-bond acceptors (Lipinski definition) is 6. The third-order valence-corrected chi connectivity index (χ3v) is 7.00. The summed E-state index contributed by atoms with van der Waals surface area (Å²) in [6.45, 7) is 10.2. The van der Waals surface area contributed by atoms with E-state index in [-0.39, 0.29) is 24.3 Å². The number of esters is 1. The van der Waals surface area contributed by atoms with Crippen LogP contribution in [-0.4, -0.2) is 70.5 Å². The molecule has 1 N–H and O–H groups in total. The number of hydrogen-bond donors (Lipinski definition) is 1. The minimum absolute atomic E-state index is 0.149. The summed E-state index contributed by atoms with van der Waals surface area (Å²) in [6, 6.07) is 7.29. The first-order chi connectivity index (χ1) is 17.5. The van der Waals surface area contributed by atoms with Crippen molar-refractivity contribution in [2.45, 2.75) is 97.1 Å². The molecule has 3 rings (SSSR count). The number of alkyl carbamates (subject to hydrolysis) is 1. The van der Waals surface area contributed by atoms with E-state index in [4.69, 9.17) is 9.47 Å². The minimum atomic E-state index is -0.807. The summed E-state index contributed by atoms with van der Waals surface area (Å²) in [5.41, 5.74) is 0.187. The van der Waals surface area contributed by atoms with Crippen molar-refractivity contribution >= 4 is 23.9 Å². The molecule has 0 spiro atoms. The highest BCUT2D eigenvalue weighted by molar-refractivity contribution is 5.94. The maximum Gasteiger partial charge on any atom is 0.408 e. The standard InChI is InChI=1S/C28H41N3O6/c1-6-19(2)23(29-27(35)37-28(3,4)5)25(33)30-16-10-14-21(30)24(32)31-17-11-15-22(31)26(34)36-18-20-12-8-7-9-13-20/h7-9,12-13,19,21-23H,6,10-11,14-18H2,1-5H3,(H,29,35)/t19-,21-,22-,23-/m0/s1. The Morgan fingerprint density at radius 1 is 1.00 bits per heavy atom. The Bertz CT molecular complexity index is 960. The maximum atomic E-state index is 13.6. The fourth-order valence-corrected chi connectivity index (χ4v) is 4.88. The number of rotatable bonds is 8. The topological polar surface area (TPSA) is 105 Å². The smallest absolute Gasteiger partial charge is 0.408 e. The summed E-state index contributed by atoms with van der Waals surface area (Å²) in [5, 5.41) is 2.74. The number of amides is 3. The molecule has 1 aromatic rings. The van der Waals surface area contributed by atoms with Gasteiger partial charge < -0.3 is 24.6 Å². The van der Waals surface area contributed by atoms with Crippen molar-refractivity contribution in [2.24, 2.45) is 5.92 Å². The largest absolute Gasteiger partial charge is 0.459 e. The zero-order chi connectivity index (χ0) is 27.2. The molecule has 37 heavy (non-hydrogen) atoms. The number of benzene rings is 1. The van der Waals surface area contributed by atoms with E-state index in [1.165, 1.54) is 0 Å². The molecule has 0 saturated carbocycles. The van der Waals surface area contributed by atoms with Crippen LogP contribution in [-0.2, 0) is 30.5 Å². The van der Waals surface area contributed by atoms with Crippen LogP contribution in [0.5, 0.6) is 0 Å². The lowest BCUT2D eigenvalue weighted by atomic mass is 9.97. The van der Waals surface area contributed by atoms with Crippen molar-refractivity contribution in [1.29, 1.82) is 0 Å².